The van der Waals surface area contributed by atoms with Crippen LogP contribution in [0.3, 0.4) is 0 Å². The molecule has 6 nitrogen and oxygen atoms in total. The Hall–Kier alpha value is -2.73. The van der Waals surface area contributed by atoms with E-state index in [1.54, 1.807) is 6.20 Å². The van der Waals surface area contributed by atoms with Crippen LogP contribution in [0.5, 0.6) is 0 Å². The maximum Gasteiger partial charge on any atom is 0.255 e. The summed E-state index contributed by atoms with van der Waals surface area (Å²) in [6.07, 6.45) is 8.43. The van der Waals surface area contributed by atoms with Crippen LogP contribution in [0.15, 0.2) is 42.6 Å². The number of carbonyl (C=O) groups excluding carboxylic acids is 2. The first-order chi connectivity index (χ1) is 18.0. The van der Waals surface area contributed by atoms with E-state index in [0.29, 0.717) is 29.8 Å². The van der Waals surface area contributed by atoms with Gasteiger partial charge in [0.05, 0.1) is 11.3 Å². The van der Waals surface area contributed by atoms with Crippen LogP contribution >= 0.6 is 0 Å². The van der Waals surface area contributed by atoms with Gasteiger partial charge in [0.15, 0.2) is 0 Å². The smallest absolute Gasteiger partial charge is 0.255 e. The molecule has 2 bridgehead atoms. The van der Waals surface area contributed by atoms with Crippen molar-refractivity contribution in [1.29, 1.82) is 0 Å². The van der Waals surface area contributed by atoms with E-state index in [1.165, 1.54) is 18.4 Å². The summed E-state index contributed by atoms with van der Waals surface area (Å²) in [5, 5.41) is 0. The van der Waals surface area contributed by atoms with Crippen LogP contribution < -0.4 is 0 Å². The summed E-state index contributed by atoms with van der Waals surface area (Å²) >= 11 is 0. The lowest BCUT2D eigenvalue weighted by molar-refractivity contribution is -0.139. The van der Waals surface area contributed by atoms with Crippen LogP contribution in [-0.4, -0.2) is 69.8 Å². The second kappa shape index (κ2) is 10.2. The van der Waals surface area contributed by atoms with Crippen molar-refractivity contribution in [2.24, 2.45) is 17.8 Å². The largest absolute Gasteiger partial charge is 0.338 e. The zero-order valence-corrected chi connectivity index (χ0v) is 22.3. The third-order valence-corrected chi connectivity index (χ3v) is 9.41. The standard InChI is InChI=1S/C31H40N4O2/c1-21-12-15-32-22(2)28(21)31(37)33-16-13-27(14-17-33)34-19-25-10-11-26(20-34)29(25)35(30(36)24-8-9-24)18-23-6-4-3-5-7-23/h3-7,12,15,24-27,29H,8-11,13-14,16-20H2,1-2H3/t25-,26+,29?. The van der Waals surface area contributed by atoms with E-state index in [4.69, 9.17) is 0 Å². The topological polar surface area (TPSA) is 56.8 Å². The molecule has 2 aliphatic heterocycles. The van der Waals surface area contributed by atoms with Crippen LogP contribution in [0.2, 0.25) is 0 Å². The number of piperidine rings is 2. The fraction of sp³-hybridized carbons (Fsp3) is 0.581. The highest BCUT2D eigenvalue weighted by atomic mass is 16.2. The predicted octanol–water partition coefficient (Wildman–Crippen LogP) is 4.45. The molecule has 3 heterocycles. The monoisotopic (exact) mass is 500 g/mol. The molecule has 3 atom stereocenters. The van der Waals surface area contributed by atoms with Crippen molar-refractivity contribution in [1.82, 2.24) is 19.7 Å². The number of pyridine rings is 1. The number of nitrogens with zero attached hydrogens (tertiary/aromatic N) is 4. The Morgan fingerprint density at radius 1 is 0.919 bits per heavy atom. The molecule has 4 aliphatic rings. The maximum atomic E-state index is 13.4. The number of hydrogen-bond donors (Lipinski definition) is 0. The van der Waals surface area contributed by atoms with E-state index < -0.39 is 0 Å². The first-order valence-corrected chi connectivity index (χ1v) is 14.3. The lowest BCUT2D eigenvalue weighted by atomic mass is 9.87. The summed E-state index contributed by atoms with van der Waals surface area (Å²) in [5.41, 5.74) is 3.86. The normalized spacial score (nSPS) is 26.3. The lowest BCUT2D eigenvalue weighted by Crippen LogP contribution is -2.58. The number of aryl methyl sites for hydroxylation is 2. The molecule has 4 fully saturated rings. The first kappa shape index (κ1) is 24.6. The van der Waals surface area contributed by atoms with Gasteiger partial charge in [0.1, 0.15) is 0 Å². The minimum absolute atomic E-state index is 0.135. The van der Waals surface area contributed by atoms with E-state index in [2.05, 4.69) is 45.1 Å². The summed E-state index contributed by atoms with van der Waals surface area (Å²) in [4.78, 5) is 38.1. The summed E-state index contributed by atoms with van der Waals surface area (Å²) in [5.74, 6) is 1.91. The van der Waals surface area contributed by atoms with Crippen molar-refractivity contribution in [2.45, 2.75) is 71.0 Å². The number of hydrogen-bond acceptors (Lipinski definition) is 4. The molecule has 1 aromatic heterocycles. The van der Waals surface area contributed by atoms with E-state index in [0.717, 1.165) is 75.2 Å². The molecule has 6 heteroatoms. The minimum Gasteiger partial charge on any atom is -0.338 e. The Morgan fingerprint density at radius 2 is 1.59 bits per heavy atom. The number of benzene rings is 1. The van der Waals surface area contributed by atoms with Crippen LogP contribution in [0.4, 0.5) is 0 Å². The second-order valence-electron chi connectivity index (χ2n) is 11.9. The molecule has 1 aromatic carbocycles. The van der Waals surface area contributed by atoms with Gasteiger partial charge >= 0.3 is 0 Å². The van der Waals surface area contributed by atoms with Gasteiger partial charge < -0.3 is 9.80 Å². The van der Waals surface area contributed by atoms with Crippen molar-refractivity contribution in [3.63, 3.8) is 0 Å². The van der Waals surface area contributed by atoms with Gasteiger partial charge in [-0.15, -0.1) is 0 Å². The molecule has 0 spiro atoms. The quantitative estimate of drug-likeness (QED) is 0.588. The Balaban J connectivity index is 1.10. The second-order valence-corrected chi connectivity index (χ2v) is 11.9. The number of likely N-dealkylation sites (tertiary alicyclic amines) is 2. The van der Waals surface area contributed by atoms with E-state index >= 15 is 0 Å². The molecule has 0 N–H and O–H groups in total. The van der Waals surface area contributed by atoms with Crippen molar-refractivity contribution < 1.29 is 9.59 Å². The molecule has 196 valence electrons. The van der Waals surface area contributed by atoms with Crippen LogP contribution in [0.1, 0.15) is 65.7 Å². The summed E-state index contributed by atoms with van der Waals surface area (Å²) in [7, 11) is 0. The Bertz CT molecular complexity index is 1100. The van der Waals surface area contributed by atoms with Crippen molar-refractivity contribution in [3.8, 4) is 0 Å². The number of aromatic nitrogens is 1. The SMILES string of the molecule is Cc1ccnc(C)c1C(=O)N1CCC(N2C[C@H]3CC[C@@H](C2)C3N(Cc2ccccc2)C(=O)C2CC2)CC1. The van der Waals surface area contributed by atoms with Gasteiger partial charge in [0.25, 0.3) is 5.91 Å². The lowest BCUT2D eigenvalue weighted by Gasteiger charge is -2.48. The van der Waals surface area contributed by atoms with Crippen molar-refractivity contribution in [2.75, 3.05) is 26.2 Å². The third kappa shape index (κ3) is 4.93. The van der Waals surface area contributed by atoms with Crippen LogP contribution in [0.25, 0.3) is 0 Å². The number of amides is 2. The average molecular weight is 501 g/mol. The maximum absolute atomic E-state index is 13.4. The van der Waals surface area contributed by atoms with E-state index in [9.17, 15) is 9.59 Å². The van der Waals surface area contributed by atoms with Crippen molar-refractivity contribution >= 4 is 11.8 Å². The van der Waals surface area contributed by atoms with Gasteiger partial charge in [-0.25, -0.2) is 0 Å². The fourth-order valence-electron chi connectivity index (χ4n) is 7.32. The molecule has 0 radical (unpaired) electrons. The molecule has 2 aliphatic carbocycles. The Labute approximate surface area is 221 Å². The first-order valence-electron chi connectivity index (χ1n) is 14.3. The van der Waals surface area contributed by atoms with Crippen LogP contribution in [0, 0.1) is 31.6 Å². The minimum atomic E-state index is 0.135. The number of carbonyl (C=O) groups is 2. The van der Waals surface area contributed by atoms with Gasteiger partial charge in [0.2, 0.25) is 5.91 Å². The Kier molecular flexibility index (Phi) is 6.78. The number of fused-ring (bicyclic) bond motifs is 2. The zero-order valence-electron chi connectivity index (χ0n) is 22.3. The third-order valence-electron chi connectivity index (χ3n) is 9.41. The molecule has 2 aromatic rings. The fourth-order valence-corrected chi connectivity index (χ4v) is 7.32. The van der Waals surface area contributed by atoms with Gasteiger partial charge in [-0.3, -0.25) is 19.5 Å². The molecule has 2 saturated heterocycles. The molecule has 6 rings (SSSR count). The van der Waals surface area contributed by atoms with E-state index in [-0.39, 0.29) is 11.8 Å². The summed E-state index contributed by atoms with van der Waals surface area (Å²) in [6.45, 7) is 8.49. The van der Waals surface area contributed by atoms with Crippen molar-refractivity contribution in [3.05, 3.63) is 65.0 Å². The average Bonchev–Trinajstić information content (AvgIpc) is 3.73. The zero-order chi connectivity index (χ0) is 25.5. The Morgan fingerprint density at radius 3 is 2.22 bits per heavy atom. The predicted molar refractivity (Wildman–Crippen MR) is 144 cm³/mol. The van der Waals surface area contributed by atoms with Gasteiger partial charge in [-0.1, -0.05) is 30.3 Å². The van der Waals surface area contributed by atoms with E-state index in [1.807, 2.05) is 24.8 Å². The highest BCUT2D eigenvalue weighted by Crippen LogP contribution is 2.44. The molecule has 1 unspecified atom stereocenters. The van der Waals surface area contributed by atoms with Gasteiger partial charge in [-0.05, 0) is 81.4 Å². The molecular weight excluding hydrogens is 460 g/mol. The van der Waals surface area contributed by atoms with Crippen LogP contribution in [-0.2, 0) is 11.3 Å². The molecular formula is C31H40N4O2. The number of rotatable bonds is 6. The molecule has 2 amide bonds. The summed E-state index contributed by atoms with van der Waals surface area (Å²) < 4.78 is 0. The molecule has 37 heavy (non-hydrogen) atoms. The highest BCUT2D eigenvalue weighted by Gasteiger charge is 2.49. The molecule has 2 saturated carbocycles. The van der Waals surface area contributed by atoms with Gasteiger partial charge in [0, 0.05) is 56.9 Å². The highest BCUT2D eigenvalue weighted by molar-refractivity contribution is 5.96. The summed E-state index contributed by atoms with van der Waals surface area (Å²) in [6, 6.07) is 13.4. The van der Waals surface area contributed by atoms with Gasteiger partial charge in [-0.2, -0.15) is 0 Å².